The van der Waals surface area contributed by atoms with Crippen LogP contribution in [0, 0.1) is 0 Å². The number of rotatable bonds is 4. The fourth-order valence-corrected chi connectivity index (χ4v) is 1.04. The van der Waals surface area contributed by atoms with Gasteiger partial charge in [-0.1, -0.05) is 18.2 Å². The lowest BCUT2D eigenvalue weighted by atomic mass is 10.1. The van der Waals surface area contributed by atoms with Crippen LogP contribution in [0.4, 0.5) is 5.69 Å². The molecule has 2 N–H and O–H groups in total. The van der Waals surface area contributed by atoms with Crippen LogP contribution >= 0.6 is 0 Å². The number of benzene rings is 1. The zero-order chi connectivity index (χ0) is 9.68. The van der Waals surface area contributed by atoms with Crippen LogP contribution in [-0.4, -0.2) is 17.5 Å². The number of anilines is 1. The minimum Gasteiger partial charge on any atom is -0.481 e. The summed E-state index contributed by atoms with van der Waals surface area (Å²) in [4.78, 5) is 20.6. The first-order valence-corrected chi connectivity index (χ1v) is 3.74. The molecule has 0 fully saturated rings. The van der Waals surface area contributed by atoms with E-state index in [1.54, 1.807) is 24.3 Å². The van der Waals surface area contributed by atoms with Crippen LogP contribution in [0.15, 0.2) is 24.3 Å². The minimum atomic E-state index is -0.917. The zero-order valence-corrected chi connectivity index (χ0v) is 6.86. The molecule has 0 heterocycles. The average molecular weight is 179 g/mol. The molecule has 1 rings (SSSR count). The van der Waals surface area contributed by atoms with Crippen molar-refractivity contribution in [3.63, 3.8) is 0 Å². The van der Waals surface area contributed by atoms with Gasteiger partial charge in [0.1, 0.15) is 0 Å². The van der Waals surface area contributed by atoms with E-state index in [1.165, 1.54) is 0 Å². The van der Waals surface area contributed by atoms with E-state index in [-0.39, 0.29) is 6.42 Å². The Morgan fingerprint density at radius 1 is 1.46 bits per heavy atom. The van der Waals surface area contributed by atoms with Gasteiger partial charge in [-0.3, -0.25) is 9.59 Å². The predicted molar refractivity (Wildman–Crippen MR) is 47.5 cm³/mol. The maximum Gasteiger partial charge on any atom is 0.307 e. The second-order valence-corrected chi connectivity index (χ2v) is 2.49. The van der Waals surface area contributed by atoms with Gasteiger partial charge in [-0.2, -0.15) is 0 Å². The fraction of sp³-hybridized carbons (Fsp3) is 0.111. The van der Waals surface area contributed by atoms with Gasteiger partial charge in [0.15, 0.2) is 0 Å². The van der Waals surface area contributed by atoms with E-state index in [9.17, 15) is 9.59 Å². The summed E-state index contributed by atoms with van der Waals surface area (Å²) in [5.74, 6) is -0.917. The van der Waals surface area contributed by atoms with Crippen molar-refractivity contribution >= 4 is 18.1 Å². The Kier molecular flexibility index (Phi) is 3.03. The molecule has 0 saturated heterocycles. The lowest BCUT2D eigenvalue weighted by Crippen LogP contribution is -2.04. The molecule has 13 heavy (non-hydrogen) atoms. The Hall–Kier alpha value is -1.84. The molecule has 1 amide bonds. The smallest absolute Gasteiger partial charge is 0.307 e. The number of carbonyl (C=O) groups excluding carboxylic acids is 1. The van der Waals surface area contributed by atoms with Crippen molar-refractivity contribution in [2.75, 3.05) is 5.32 Å². The van der Waals surface area contributed by atoms with Gasteiger partial charge in [-0.05, 0) is 11.6 Å². The van der Waals surface area contributed by atoms with E-state index in [2.05, 4.69) is 5.32 Å². The number of nitrogens with one attached hydrogen (secondary N) is 1. The SMILES string of the molecule is O=CNc1ccccc1CC(=O)O. The molecule has 0 unspecified atom stereocenters. The van der Waals surface area contributed by atoms with Gasteiger partial charge in [0.2, 0.25) is 6.41 Å². The first kappa shape index (κ1) is 9.25. The normalized spacial score (nSPS) is 9.23. The Balaban J connectivity index is 2.90. The van der Waals surface area contributed by atoms with E-state index in [4.69, 9.17) is 5.11 Å². The lowest BCUT2D eigenvalue weighted by molar-refractivity contribution is -0.136. The third-order valence-electron chi connectivity index (χ3n) is 1.57. The van der Waals surface area contributed by atoms with Crippen LogP contribution in [0.3, 0.4) is 0 Å². The second kappa shape index (κ2) is 4.25. The van der Waals surface area contributed by atoms with Gasteiger partial charge in [0.05, 0.1) is 6.42 Å². The number of carboxylic acids is 1. The zero-order valence-electron chi connectivity index (χ0n) is 6.86. The Labute approximate surface area is 75.2 Å². The highest BCUT2D eigenvalue weighted by Gasteiger charge is 2.04. The Morgan fingerprint density at radius 2 is 2.15 bits per heavy atom. The van der Waals surface area contributed by atoms with Crippen molar-refractivity contribution < 1.29 is 14.7 Å². The van der Waals surface area contributed by atoms with Crippen molar-refractivity contribution in [1.29, 1.82) is 0 Å². The van der Waals surface area contributed by atoms with Gasteiger partial charge >= 0.3 is 5.97 Å². The molecule has 1 aromatic carbocycles. The number of hydrogen-bond donors (Lipinski definition) is 2. The number of carboxylic acid groups (broad SMARTS) is 1. The topological polar surface area (TPSA) is 66.4 Å². The minimum absolute atomic E-state index is 0.0863. The summed E-state index contributed by atoms with van der Waals surface area (Å²) in [6.45, 7) is 0. The third kappa shape index (κ3) is 2.59. The maximum absolute atomic E-state index is 10.4. The molecule has 1 aromatic rings. The van der Waals surface area contributed by atoms with E-state index in [0.29, 0.717) is 17.7 Å². The highest BCUT2D eigenvalue weighted by molar-refractivity contribution is 5.78. The van der Waals surface area contributed by atoms with Gasteiger partial charge in [0.25, 0.3) is 0 Å². The molecule has 0 bridgehead atoms. The molecular weight excluding hydrogens is 170 g/mol. The van der Waals surface area contributed by atoms with Crippen LogP contribution < -0.4 is 5.32 Å². The molecule has 0 aliphatic carbocycles. The molecule has 0 aliphatic rings. The highest BCUT2D eigenvalue weighted by atomic mass is 16.4. The monoisotopic (exact) mass is 179 g/mol. The molecule has 0 radical (unpaired) electrons. The van der Waals surface area contributed by atoms with Gasteiger partial charge in [-0.15, -0.1) is 0 Å². The van der Waals surface area contributed by atoms with Crippen molar-refractivity contribution in [2.45, 2.75) is 6.42 Å². The number of carbonyl (C=O) groups is 2. The number of amides is 1. The predicted octanol–water partition coefficient (Wildman–Crippen LogP) is 0.882. The van der Waals surface area contributed by atoms with E-state index < -0.39 is 5.97 Å². The standard InChI is InChI=1S/C9H9NO3/c11-6-10-8-4-2-1-3-7(8)5-9(12)13/h1-4,6H,5H2,(H,10,11)(H,12,13). The van der Waals surface area contributed by atoms with Crippen LogP contribution in [0.2, 0.25) is 0 Å². The number of para-hydroxylation sites is 1. The van der Waals surface area contributed by atoms with E-state index >= 15 is 0 Å². The summed E-state index contributed by atoms with van der Waals surface area (Å²) in [5, 5.41) is 11.0. The lowest BCUT2D eigenvalue weighted by Gasteiger charge is -2.04. The molecule has 0 aromatic heterocycles. The summed E-state index contributed by atoms with van der Waals surface area (Å²) in [7, 11) is 0. The van der Waals surface area contributed by atoms with Crippen LogP contribution in [0.5, 0.6) is 0 Å². The number of aliphatic carboxylic acids is 1. The Bertz CT molecular complexity index is 322. The molecule has 4 heteroatoms. The van der Waals surface area contributed by atoms with Crippen LogP contribution in [0.1, 0.15) is 5.56 Å². The number of hydrogen-bond acceptors (Lipinski definition) is 2. The van der Waals surface area contributed by atoms with Crippen LogP contribution in [-0.2, 0) is 16.0 Å². The molecule has 0 spiro atoms. The van der Waals surface area contributed by atoms with Gasteiger partial charge in [-0.25, -0.2) is 0 Å². The molecule has 0 atom stereocenters. The van der Waals surface area contributed by atoms with Gasteiger partial charge in [0, 0.05) is 5.69 Å². The third-order valence-corrected chi connectivity index (χ3v) is 1.57. The van der Waals surface area contributed by atoms with E-state index in [1.807, 2.05) is 0 Å². The highest BCUT2D eigenvalue weighted by Crippen LogP contribution is 2.14. The van der Waals surface area contributed by atoms with E-state index in [0.717, 1.165) is 0 Å². The molecule has 0 saturated carbocycles. The average Bonchev–Trinajstić information content (AvgIpc) is 2.08. The fourth-order valence-electron chi connectivity index (χ4n) is 1.04. The summed E-state index contributed by atoms with van der Waals surface area (Å²) in [5.41, 5.74) is 1.14. The summed E-state index contributed by atoms with van der Waals surface area (Å²) in [6, 6.07) is 6.79. The quantitative estimate of drug-likeness (QED) is 0.674. The van der Waals surface area contributed by atoms with Crippen molar-refractivity contribution in [2.24, 2.45) is 0 Å². The first-order chi connectivity index (χ1) is 6.24. The van der Waals surface area contributed by atoms with Crippen molar-refractivity contribution in [3.05, 3.63) is 29.8 Å². The Morgan fingerprint density at radius 3 is 2.77 bits per heavy atom. The molecule has 4 nitrogen and oxygen atoms in total. The molecule has 68 valence electrons. The largest absolute Gasteiger partial charge is 0.481 e. The first-order valence-electron chi connectivity index (χ1n) is 3.74. The van der Waals surface area contributed by atoms with Gasteiger partial charge < -0.3 is 10.4 Å². The second-order valence-electron chi connectivity index (χ2n) is 2.49. The van der Waals surface area contributed by atoms with Crippen molar-refractivity contribution in [1.82, 2.24) is 0 Å². The summed E-state index contributed by atoms with van der Waals surface area (Å²) in [6.07, 6.45) is 0.442. The van der Waals surface area contributed by atoms with Crippen molar-refractivity contribution in [3.8, 4) is 0 Å². The summed E-state index contributed by atoms with van der Waals surface area (Å²) < 4.78 is 0. The molecular formula is C9H9NO3. The molecule has 0 aliphatic heterocycles. The summed E-state index contributed by atoms with van der Waals surface area (Å²) >= 11 is 0. The maximum atomic E-state index is 10.4. The van der Waals surface area contributed by atoms with Crippen LogP contribution in [0.25, 0.3) is 0 Å².